The zero-order chi connectivity index (χ0) is 17.3. The first kappa shape index (κ1) is 16.7. The number of aromatic nitrogens is 2. The molecule has 2 atom stereocenters. The van der Waals surface area contributed by atoms with Crippen molar-refractivity contribution in [2.45, 2.75) is 58.6 Å². The van der Waals surface area contributed by atoms with E-state index in [1.165, 1.54) is 5.56 Å². The van der Waals surface area contributed by atoms with E-state index in [9.17, 15) is 9.90 Å². The SMILES string of the molecule is Cc1ccc(-n2nc(C(=O)NC(C)C(C)O)c3c2CCCC3)cc1. The second-order valence-electron chi connectivity index (χ2n) is 6.73. The number of amides is 1. The lowest BCUT2D eigenvalue weighted by molar-refractivity contribution is 0.0867. The fourth-order valence-corrected chi connectivity index (χ4v) is 3.08. The van der Waals surface area contributed by atoms with Crippen molar-refractivity contribution in [1.29, 1.82) is 0 Å². The van der Waals surface area contributed by atoms with Crippen LogP contribution in [0.25, 0.3) is 5.69 Å². The molecular weight excluding hydrogens is 302 g/mol. The Morgan fingerprint density at radius 3 is 2.54 bits per heavy atom. The number of carbonyl (C=O) groups is 1. The van der Waals surface area contributed by atoms with Gasteiger partial charge in [0.1, 0.15) is 0 Å². The Balaban J connectivity index is 1.98. The third-order valence-corrected chi connectivity index (χ3v) is 4.76. The first-order valence-corrected chi connectivity index (χ1v) is 8.64. The molecule has 1 amide bonds. The van der Waals surface area contributed by atoms with Gasteiger partial charge >= 0.3 is 0 Å². The third kappa shape index (κ3) is 3.22. The predicted molar refractivity (Wildman–Crippen MR) is 93.6 cm³/mol. The maximum Gasteiger partial charge on any atom is 0.272 e. The molecule has 0 saturated carbocycles. The van der Waals surface area contributed by atoms with Gasteiger partial charge in [-0.15, -0.1) is 0 Å². The highest BCUT2D eigenvalue weighted by molar-refractivity contribution is 5.94. The van der Waals surface area contributed by atoms with Crippen molar-refractivity contribution in [1.82, 2.24) is 15.1 Å². The summed E-state index contributed by atoms with van der Waals surface area (Å²) in [7, 11) is 0. The van der Waals surface area contributed by atoms with E-state index in [0.29, 0.717) is 5.69 Å². The predicted octanol–water partition coefficient (Wildman–Crippen LogP) is 2.56. The van der Waals surface area contributed by atoms with E-state index in [4.69, 9.17) is 0 Å². The van der Waals surface area contributed by atoms with Gasteiger partial charge in [0, 0.05) is 11.3 Å². The minimum Gasteiger partial charge on any atom is -0.391 e. The molecule has 0 radical (unpaired) electrons. The molecule has 5 nitrogen and oxygen atoms in total. The standard InChI is InChI=1S/C19H25N3O2/c1-12-8-10-15(11-9-12)22-17-7-5-4-6-16(17)18(21-22)19(24)20-13(2)14(3)23/h8-11,13-14,23H,4-7H2,1-3H3,(H,20,24). The molecule has 128 valence electrons. The van der Waals surface area contributed by atoms with Gasteiger partial charge in [0.15, 0.2) is 5.69 Å². The lowest BCUT2D eigenvalue weighted by Crippen LogP contribution is -2.40. The summed E-state index contributed by atoms with van der Waals surface area (Å²) in [5.74, 6) is -0.201. The van der Waals surface area contributed by atoms with Crippen molar-refractivity contribution < 1.29 is 9.90 Å². The zero-order valence-electron chi connectivity index (χ0n) is 14.5. The zero-order valence-corrected chi connectivity index (χ0v) is 14.5. The monoisotopic (exact) mass is 327 g/mol. The Hall–Kier alpha value is -2.14. The quantitative estimate of drug-likeness (QED) is 0.907. The van der Waals surface area contributed by atoms with Crippen molar-refractivity contribution in [2.75, 3.05) is 0 Å². The van der Waals surface area contributed by atoms with Crippen LogP contribution in [-0.2, 0) is 12.8 Å². The van der Waals surface area contributed by atoms with E-state index in [-0.39, 0.29) is 11.9 Å². The van der Waals surface area contributed by atoms with Gasteiger partial charge < -0.3 is 10.4 Å². The summed E-state index contributed by atoms with van der Waals surface area (Å²) in [6.07, 6.45) is 3.43. The number of aliphatic hydroxyl groups excluding tert-OH is 1. The Kier molecular flexibility index (Phi) is 4.71. The van der Waals surface area contributed by atoms with Crippen LogP contribution >= 0.6 is 0 Å². The summed E-state index contributed by atoms with van der Waals surface area (Å²) in [6, 6.07) is 7.89. The molecule has 24 heavy (non-hydrogen) atoms. The minimum atomic E-state index is -0.594. The Morgan fingerprint density at radius 2 is 1.88 bits per heavy atom. The van der Waals surface area contributed by atoms with E-state index in [2.05, 4.69) is 29.5 Å². The molecule has 5 heteroatoms. The number of nitrogens with one attached hydrogen (secondary N) is 1. The molecule has 1 heterocycles. The van der Waals surface area contributed by atoms with Crippen molar-refractivity contribution in [3.8, 4) is 5.69 Å². The molecule has 1 aliphatic carbocycles. The molecule has 2 N–H and O–H groups in total. The fraction of sp³-hybridized carbons (Fsp3) is 0.474. The van der Waals surface area contributed by atoms with Crippen LogP contribution in [0.5, 0.6) is 0 Å². The van der Waals surface area contributed by atoms with Gasteiger partial charge in [-0.3, -0.25) is 4.79 Å². The van der Waals surface area contributed by atoms with E-state index in [1.807, 2.05) is 16.8 Å². The lowest BCUT2D eigenvalue weighted by atomic mass is 9.95. The number of hydrogen-bond donors (Lipinski definition) is 2. The maximum absolute atomic E-state index is 12.6. The summed E-state index contributed by atoms with van der Waals surface area (Å²) < 4.78 is 1.91. The molecule has 0 spiro atoms. The number of hydrogen-bond acceptors (Lipinski definition) is 3. The topological polar surface area (TPSA) is 67.2 Å². The highest BCUT2D eigenvalue weighted by Gasteiger charge is 2.26. The number of fused-ring (bicyclic) bond motifs is 1. The Morgan fingerprint density at radius 1 is 1.21 bits per heavy atom. The maximum atomic E-state index is 12.6. The van der Waals surface area contributed by atoms with Crippen molar-refractivity contribution in [2.24, 2.45) is 0 Å². The number of aliphatic hydroxyl groups is 1. The summed E-state index contributed by atoms with van der Waals surface area (Å²) in [5.41, 5.74) is 4.87. The second-order valence-corrected chi connectivity index (χ2v) is 6.73. The van der Waals surface area contributed by atoms with Crippen LogP contribution in [0.4, 0.5) is 0 Å². The highest BCUT2D eigenvalue weighted by Crippen LogP contribution is 2.27. The van der Waals surface area contributed by atoms with Crippen LogP contribution in [0.3, 0.4) is 0 Å². The van der Waals surface area contributed by atoms with Crippen molar-refractivity contribution >= 4 is 5.91 Å². The van der Waals surface area contributed by atoms with Gasteiger partial charge in [0.25, 0.3) is 5.91 Å². The average Bonchev–Trinajstić information content (AvgIpc) is 2.95. The van der Waals surface area contributed by atoms with Gasteiger partial charge in [-0.05, 0) is 58.6 Å². The van der Waals surface area contributed by atoms with Gasteiger partial charge in [0.2, 0.25) is 0 Å². The Bertz CT molecular complexity index is 732. The van der Waals surface area contributed by atoms with E-state index >= 15 is 0 Å². The van der Waals surface area contributed by atoms with Crippen LogP contribution in [0.1, 0.15) is 54.0 Å². The van der Waals surface area contributed by atoms with E-state index in [0.717, 1.165) is 42.6 Å². The smallest absolute Gasteiger partial charge is 0.272 e. The molecule has 0 bridgehead atoms. The summed E-state index contributed by atoms with van der Waals surface area (Å²) in [4.78, 5) is 12.6. The molecule has 2 aromatic rings. The largest absolute Gasteiger partial charge is 0.391 e. The molecule has 3 rings (SSSR count). The molecule has 2 unspecified atom stereocenters. The summed E-state index contributed by atoms with van der Waals surface area (Å²) in [5, 5.41) is 17.1. The van der Waals surface area contributed by atoms with Crippen LogP contribution in [0.2, 0.25) is 0 Å². The molecule has 1 aromatic carbocycles. The van der Waals surface area contributed by atoms with Crippen LogP contribution in [-0.4, -0.2) is 32.9 Å². The minimum absolute atomic E-state index is 0.201. The van der Waals surface area contributed by atoms with Gasteiger partial charge in [-0.1, -0.05) is 17.7 Å². The van der Waals surface area contributed by atoms with Crippen molar-refractivity contribution in [3.05, 3.63) is 46.8 Å². The third-order valence-electron chi connectivity index (χ3n) is 4.76. The fourth-order valence-electron chi connectivity index (χ4n) is 3.08. The molecule has 1 aromatic heterocycles. The summed E-state index contributed by atoms with van der Waals surface area (Å²) in [6.45, 7) is 5.52. The lowest BCUT2D eigenvalue weighted by Gasteiger charge is -2.17. The van der Waals surface area contributed by atoms with Crippen LogP contribution < -0.4 is 5.32 Å². The van der Waals surface area contributed by atoms with Crippen molar-refractivity contribution in [3.63, 3.8) is 0 Å². The van der Waals surface area contributed by atoms with E-state index in [1.54, 1.807) is 13.8 Å². The van der Waals surface area contributed by atoms with Gasteiger partial charge in [-0.2, -0.15) is 5.10 Å². The molecule has 0 fully saturated rings. The first-order valence-electron chi connectivity index (χ1n) is 8.64. The molecule has 1 aliphatic rings. The molecule has 0 aliphatic heterocycles. The number of nitrogens with zero attached hydrogens (tertiary/aromatic N) is 2. The first-order chi connectivity index (χ1) is 11.5. The summed E-state index contributed by atoms with van der Waals surface area (Å²) >= 11 is 0. The average molecular weight is 327 g/mol. The Labute approximate surface area is 142 Å². The number of rotatable bonds is 4. The van der Waals surface area contributed by atoms with Crippen LogP contribution in [0, 0.1) is 6.92 Å². The number of carbonyl (C=O) groups excluding carboxylic acids is 1. The van der Waals surface area contributed by atoms with E-state index < -0.39 is 6.10 Å². The van der Waals surface area contributed by atoms with Crippen LogP contribution in [0.15, 0.2) is 24.3 Å². The molecule has 0 saturated heterocycles. The number of benzene rings is 1. The normalized spacial score (nSPS) is 16.3. The highest BCUT2D eigenvalue weighted by atomic mass is 16.3. The second kappa shape index (κ2) is 6.77. The van der Waals surface area contributed by atoms with Gasteiger partial charge in [0.05, 0.1) is 17.8 Å². The number of aryl methyl sites for hydroxylation is 1. The van der Waals surface area contributed by atoms with Gasteiger partial charge in [-0.25, -0.2) is 4.68 Å². The molecular formula is C19H25N3O2.